The summed E-state index contributed by atoms with van der Waals surface area (Å²) >= 11 is 0. The minimum absolute atomic E-state index is 0.570. The van der Waals surface area contributed by atoms with Gasteiger partial charge in [-0.05, 0) is 17.7 Å². The van der Waals surface area contributed by atoms with Crippen molar-refractivity contribution in [3.8, 4) is 11.8 Å². The molecule has 0 aromatic heterocycles. The van der Waals surface area contributed by atoms with Crippen molar-refractivity contribution in [1.29, 1.82) is 0 Å². The number of aliphatic hydroxyl groups is 1. The summed E-state index contributed by atoms with van der Waals surface area (Å²) in [5.74, 6) is 5.82. The fourth-order valence-corrected chi connectivity index (χ4v) is 1.58. The third-order valence-corrected chi connectivity index (χ3v) is 2.43. The largest absolute Gasteiger partial charge is 0.380 e. The van der Waals surface area contributed by atoms with E-state index in [1.807, 2.05) is 60.7 Å². The van der Waals surface area contributed by atoms with Gasteiger partial charge in [-0.2, -0.15) is 0 Å². The fourth-order valence-electron chi connectivity index (χ4n) is 1.58. The molecule has 84 valence electrons. The van der Waals surface area contributed by atoms with Gasteiger partial charge in [0.1, 0.15) is 6.10 Å². The Morgan fingerprint density at radius 1 is 0.882 bits per heavy atom. The van der Waals surface area contributed by atoms with Crippen molar-refractivity contribution in [2.24, 2.45) is 0 Å². The Balaban J connectivity index is 1.99. The molecule has 0 spiro atoms. The van der Waals surface area contributed by atoms with Gasteiger partial charge in [0.25, 0.3) is 0 Å². The highest BCUT2D eigenvalue weighted by Crippen LogP contribution is 2.03. The van der Waals surface area contributed by atoms with Gasteiger partial charge in [-0.25, -0.2) is 0 Å². The van der Waals surface area contributed by atoms with Crippen LogP contribution in [0.3, 0.4) is 0 Å². The smallest absolute Gasteiger partial charge is 0.119 e. The maximum Gasteiger partial charge on any atom is 0.119 e. The average Bonchev–Trinajstić information content (AvgIpc) is 2.39. The van der Waals surface area contributed by atoms with E-state index in [-0.39, 0.29) is 0 Å². The predicted molar refractivity (Wildman–Crippen MR) is 69.5 cm³/mol. The molecule has 0 aliphatic rings. The molecule has 0 saturated heterocycles. The SMILES string of the molecule is O[C@@H](C#Cc1ccccc1)Cc1ccccc1. The molecular formula is C16H14O. The monoisotopic (exact) mass is 222 g/mol. The highest BCUT2D eigenvalue weighted by molar-refractivity contribution is 5.34. The molecule has 0 aliphatic carbocycles. The second kappa shape index (κ2) is 5.89. The molecule has 1 nitrogen and oxygen atoms in total. The Morgan fingerprint density at radius 3 is 2.12 bits per heavy atom. The lowest BCUT2D eigenvalue weighted by atomic mass is 10.1. The van der Waals surface area contributed by atoms with E-state index in [2.05, 4.69) is 11.8 Å². The minimum atomic E-state index is -0.613. The van der Waals surface area contributed by atoms with Crippen LogP contribution in [0.2, 0.25) is 0 Å². The summed E-state index contributed by atoms with van der Waals surface area (Å²) in [7, 11) is 0. The Labute approximate surface area is 102 Å². The molecule has 0 bridgehead atoms. The van der Waals surface area contributed by atoms with E-state index < -0.39 is 6.10 Å². The second-order valence-electron chi connectivity index (χ2n) is 3.84. The highest BCUT2D eigenvalue weighted by Gasteiger charge is 2.00. The first kappa shape index (κ1) is 11.4. The maximum absolute atomic E-state index is 9.79. The molecule has 1 N–H and O–H groups in total. The first-order valence-corrected chi connectivity index (χ1v) is 5.63. The zero-order valence-corrected chi connectivity index (χ0v) is 9.51. The standard InChI is InChI=1S/C16H14O/c17-16(13-15-9-5-2-6-10-15)12-11-14-7-3-1-4-8-14/h1-10,16-17H,13H2/t16-/m0/s1. The first-order valence-electron chi connectivity index (χ1n) is 5.63. The van der Waals surface area contributed by atoms with Gasteiger partial charge < -0.3 is 5.11 Å². The molecule has 0 fully saturated rings. The van der Waals surface area contributed by atoms with Crippen molar-refractivity contribution < 1.29 is 5.11 Å². The molecule has 2 aromatic rings. The van der Waals surface area contributed by atoms with Gasteiger partial charge in [0, 0.05) is 12.0 Å². The van der Waals surface area contributed by atoms with Gasteiger partial charge >= 0.3 is 0 Å². The van der Waals surface area contributed by atoms with Crippen molar-refractivity contribution in [1.82, 2.24) is 0 Å². The Morgan fingerprint density at radius 2 is 1.47 bits per heavy atom. The molecule has 0 heterocycles. The topological polar surface area (TPSA) is 20.2 Å². The summed E-state index contributed by atoms with van der Waals surface area (Å²) in [6.45, 7) is 0. The van der Waals surface area contributed by atoms with Crippen molar-refractivity contribution in [3.63, 3.8) is 0 Å². The van der Waals surface area contributed by atoms with Crippen molar-refractivity contribution in [3.05, 3.63) is 71.8 Å². The molecule has 0 unspecified atom stereocenters. The number of benzene rings is 2. The molecule has 0 radical (unpaired) electrons. The van der Waals surface area contributed by atoms with Gasteiger partial charge in [-0.15, -0.1) is 0 Å². The van der Waals surface area contributed by atoms with Gasteiger partial charge in [-0.1, -0.05) is 60.4 Å². The predicted octanol–water partition coefficient (Wildman–Crippen LogP) is 2.64. The summed E-state index contributed by atoms with van der Waals surface area (Å²) < 4.78 is 0. The molecule has 1 heteroatoms. The first-order chi connectivity index (χ1) is 8.34. The quantitative estimate of drug-likeness (QED) is 0.774. The molecule has 17 heavy (non-hydrogen) atoms. The van der Waals surface area contributed by atoms with Crippen LogP contribution >= 0.6 is 0 Å². The lowest BCUT2D eigenvalue weighted by Crippen LogP contribution is -2.06. The Hall–Kier alpha value is -2.04. The molecule has 0 aliphatic heterocycles. The number of hydrogen-bond donors (Lipinski definition) is 1. The van der Waals surface area contributed by atoms with Crippen molar-refractivity contribution in [2.45, 2.75) is 12.5 Å². The molecule has 1 atom stereocenters. The molecule has 2 aromatic carbocycles. The fraction of sp³-hybridized carbons (Fsp3) is 0.125. The summed E-state index contributed by atoms with van der Waals surface area (Å²) in [6.07, 6.45) is -0.0432. The van der Waals surface area contributed by atoms with Gasteiger partial charge in [0.05, 0.1) is 0 Å². The lowest BCUT2D eigenvalue weighted by Gasteiger charge is -2.02. The van der Waals surface area contributed by atoms with Gasteiger partial charge in [0.2, 0.25) is 0 Å². The van der Waals surface area contributed by atoms with E-state index >= 15 is 0 Å². The van der Waals surface area contributed by atoms with Crippen LogP contribution < -0.4 is 0 Å². The Bertz CT molecular complexity index is 505. The lowest BCUT2D eigenvalue weighted by molar-refractivity contribution is 0.233. The Kier molecular flexibility index (Phi) is 3.96. The summed E-state index contributed by atoms with van der Waals surface area (Å²) in [6, 6.07) is 19.6. The molecule has 0 saturated carbocycles. The second-order valence-corrected chi connectivity index (χ2v) is 3.84. The van der Waals surface area contributed by atoms with E-state index in [4.69, 9.17) is 0 Å². The average molecular weight is 222 g/mol. The third kappa shape index (κ3) is 3.79. The van der Waals surface area contributed by atoms with Gasteiger partial charge in [-0.3, -0.25) is 0 Å². The van der Waals surface area contributed by atoms with Crippen molar-refractivity contribution in [2.75, 3.05) is 0 Å². The van der Waals surface area contributed by atoms with E-state index in [9.17, 15) is 5.11 Å². The van der Waals surface area contributed by atoms with Crippen LogP contribution in [0.5, 0.6) is 0 Å². The van der Waals surface area contributed by atoms with E-state index in [0.717, 1.165) is 11.1 Å². The molecule has 0 amide bonds. The summed E-state index contributed by atoms with van der Waals surface area (Å²) in [5, 5.41) is 9.79. The van der Waals surface area contributed by atoms with Gasteiger partial charge in [0.15, 0.2) is 0 Å². The number of aliphatic hydroxyl groups excluding tert-OH is 1. The number of hydrogen-bond acceptors (Lipinski definition) is 1. The maximum atomic E-state index is 9.79. The van der Waals surface area contributed by atoms with Crippen LogP contribution in [0.15, 0.2) is 60.7 Å². The van der Waals surface area contributed by atoms with Crippen LogP contribution in [0.25, 0.3) is 0 Å². The van der Waals surface area contributed by atoms with Crippen LogP contribution in [-0.2, 0) is 6.42 Å². The molecular weight excluding hydrogens is 208 g/mol. The zero-order valence-electron chi connectivity index (χ0n) is 9.51. The molecule has 2 rings (SSSR count). The van der Waals surface area contributed by atoms with E-state index in [1.54, 1.807) is 0 Å². The van der Waals surface area contributed by atoms with Crippen LogP contribution in [0, 0.1) is 11.8 Å². The minimum Gasteiger partial charge on any atom is -0.380 e. The van der Waals surface area contributed by atoms with Crippen molar-refractivity contribution >= 4 is 0 Å². The van der Waals surface area contributed by atoms with Crippen LogP contribution in [-0.4, -0.2) is 11.2 Å². The normalized spacial score (nSPS) is 11.4. The highest BCUT2D eigenvalue weighted by atomic mass is 16.3. The third-order valence-electron chi connectivity index (χ3n) is 2.43. The summed E-state index contributed by atoms with van der Waals surface area (Å²) in [5.41, 5.74) is 2.03. The van der Waals surface area contributed by atoms with Crippen LogP contribution in [0.1, 0.15) is 11.1 Å². The van der Waals surface area contributed by atoms with E-state index in [0.29, 0.717) is 6.42 Å². The van der Waals surface area contributed by atoms with Crippen LogP contribution in [0.4, 0.5) is 0 Å². The summed E-state index contributed by atoms with van der Waals surface area (Å²) in [4.78, 5) is 0. The zero-order chi connectivity index (χ0) is 11.9. The number of rotatable bonds is 2. The van der Waals surface area contributed by atoms with E-state index in [1.165, 1.54) is 0 Å².